The zero-order chi connectivity index (χ0) is 14.1. The Labute approximate surface area is 118 Å². The quantitative estimate of drug-likeness (QED) is 0.875. The van der Waals surface area contributed by atoms with E-state index < -0.39 is 0 Å². The van der Waals surface area contributed by atoms with Crippen molar-refractivity contribution in [3.05, 3.63) is 29.7 Å². The molecular weight excluding hydrogens is 254 g/mol. The Hall–Kier alpha value is -1.69. The number of aromatic nitrogens is 4. The van der Waals surface area contributed by atoms with Crippen molar-refractivity contribution < 1.29 is 4.52 Å². The molecule has 0 saturated heterocycles. The predicted molar refractivity (Wildman–Crippen MR) is 74.2 cm³/mol. The minimum Gasteiger partial charge on any atom is -0.338 e. The zero-order valence-corrected chi connectivity index (χ0v) is 12.2. The Kier molecular flexibility index (Phi) is 3.56. The average Bonchev–Trinajstić information content (AvgIpc) is 3.03. The van der Waals surface area contributed by atoms with Crippen LogP contribution in [0.25, 0.3) is 0 Å². The zero-order valence-electron chi connectivity index (χ0n) is 12.2. The number of aryl methyl sites for hydroxylation is 1. The monoisotopic (exact) mass is 275 g/mol. The molecule has 1 saturated carbocycles. The summed E-state index contributed by atoms with van der Waals surface area (Å²) in [5, 5.41) is 11.8. The molecule has 1 aliphatic rings. The van der Waals surface area contributed by atoms with Crippen molar-refractivity contribution in [3.63, 3.8) is 0 Å². The van der Waals surface area contributed by atoms with Crippen LogP contribution in [-0.2, 0) is 6.54 Å². The highest BCUT2D eigenvalue weighted by atomic mass is 16.5. The highest BCUT2D eigenvalue weighted by Crippen LogP contribution is 2.38. The lowest BCUT2D eigenvalue weighted by Crippen LogP contribution is -2.33. The van der Waals surface area contributed by atoms with E-state index >= 15 is 0 Å². The lowest BCUT2D eigenvalue weighted by Gasteiger charge is -2.20. The normalized spacial score (nSPS) is 18.1. The fraction of sp³-hybridized carbons (Fsp3) is 0.643. The van der Waals surface area contributed by atoms with E-state index in [0.717, 1.165) is 5.82 Å². The molecular formula is C14H21N5O. The van der Waals surface area contributed by atoms with Gasteiger partial charge in [0.2, 0.25) is 5.89 Å². The SMILES string of the molecule is Cc1cnn([C@@H](C)[C@@H](C)NCc2nc(C3CC3)no2)c1. The Morgan fingerprint density at radius 1 is 1.45 bits per heavy atom. The average molecular weight is 275 g/mol. The van der Waals surface area contributed by atoms with Gasteiger partial charge >= 0.3 is 0 Å². The molecule has 1 N–H and O–H groups in total. The Morgan fingerprint density at radius 3 is 2.90 bits per heavy atom. The molecule has 0 radical (unpaired) electrons. The maximum Gasteiger partial charge on any atom is 0.240 e. The van der Waals surface area contributed by atoms with Crippen molar-refractivity contribution in [2.24, 2.45) is 0 Å². The summed E-state index contributed by atoms with van der Waals surface area (Å²) in [7, 11) is 0. The molecule has 0 amide bonds. The minimum absolute atomic E-state index is 0.269. The predicted octanol–water partition coefficient (Wildman–Crippen LogP) is 2.19. The van der Waals surface area contributed by atoms with Gasteiger partial charge in [-0.15, -0.1) is 0 Å². The van der Waals surface area contributed by atoms with Crippen LogP contribution in [0, 0.1) is 6.92 Å². The fourth-order valence-corrected chi connectivity index (χ4v) is 2.15. The first kappa shape index (κ1) is 13.3. The molecule has 1 aliphatic carbocycles. The van der Waals surface area contributed by atoms with E-state index in [1.54, 1.807) is 0 Å². The molecule has 0 bridgehead atoms. The van der Waals surface area contributed by atoms with E-state index in [2.05, 4.69) is 40.6 Å². The van der Waals surface area contributed by atoms with Crippen molar-refractivity contribution in [1.82, 2.24) is 25.2 Å². The fourth-order valence-electron chi connectivity index (χ4n) is 2.15. The smallest absolute Gasteiger partial charge is 0.240 e. The summed E-state index contributed by atoms with van der Waals surface area (Å²) in [5.74, 6) is 2.07. The van der Waals surface area contributed by atoms with Gasteiger partial charge in [-0.1, -0.05) is 5.16 Å². The molecule has 1 fully saturated rings. The van der Waals surface area contributed by atoms with Gasteiger partial charge in [0.05, 0.1) is 18.8 Å². The first-order valence-corrected chi connectivity index (χ1v) is 7.20. The molecule has 2 atom stereocenters. The standard InChI is InChI=1S/C14H21N5O/c1-9-6-16-19(8-9)11(3)10(2)15-7-13-17-14(18-20-13)12-4-5-12/h6,8,10-12,15H,4-5,7H2,1-3H3/t10-,11+/m1/s1. The maximum atomic E-state index is 5.26. The first-order chi connectivity index (χ1) is 9.63. The van der Waals surface area contributed by atoms with Crippen LogP contribution in [0.1, 0.15) is 55.9 Å². The van der Waals surface area contributed by atoms with Crippen molar-refractivity contribution in [2.75, 3.05) is 0 Å². The van der Waals surface area contributed by atoms with E-state index in [0.29, 0.717) is 18.4 Å². The molecule has 0 spiro atoms. The molecule has 108 valence electrons. The molecule has 0 aliphatic heterocycles. The van der Waals surface area contributed by atoms with Gasteiger partial charge in [-0.2, -0.15) is 10.1 Å². The van der Waals surface area contributed by atoms with Gasteiger partial charge in [0.25, 0.3) is 0 Å². The summed E-state index contributed by atoms with van der Waals surface area (Å²) in [6.45, 7) is 6.94. The van der Waals surface area contributed by atoms with E-state index in [9.17, 15) is 0 Å². The summed E-state index contributed by atoms with van der Waals surface area (Å²) in [6.07, 6.45) is 6.32. The van der Waals surface area contributed by atoms with Gasteiger partial charge < -0.3 is 9.84 Å². The number of hydrogen-bond donors (Lipinski definition) is 1. The summed E-state index contributed by atoms with van der Waals surface area (Å²) < 4.78 is 7.24. The largest absolute Gasteiger partial charge is 0.338 e. The second-order valence-electron chi connectivity index (χ2n) is 5.73. The van der Waals surface area contributed by atoms with Crippen LogP contribution >= 0.6 is 0 Å². The number of rotatable bonds is 6. The first-order valence-electron chi connectivity index (χ1n) is 7.20. The van der Waals surface area contributed by atoms with E-state index in [4.69, 9.17) is 4.52 Å². The van der Waals surface area contributed by atoms with Gasteiger partial charge in [-0.05, 0) is 39.2 Å². The van der Waals surface area contributed by atoms with Crippen molar-refractivity contribution in [2.45, 2.75) is 58.2 Å². The van der Waals surface area contributed by atoms with Gasteiger partial charge in [0.1, 0.15) is 0 Å². The summed E-state index contributed by atoms with van der Waals surface area (Å²) in [4.78, 5) is 4.42. The topological polar surface area (TPSA) is 68.8 Å². The Morgan fingerprint density at radius 2 is 2.25 bits per heavy atom. The molecule has 3 rings (SSSR count). The van der Waals surface area contributed by atoms with Crippen LogP contribution < -0.4 is 5.32 Å². The van der Waals surface area contributed by atoms with E-state index in [1.165, 1.54) is 18.4 Å². The molecule has 2 aromatic heterocycles. The third-order valence-electron chi connectivity index (χ3n) is 3.87. The van der Waals surface area contributed by atoms with Crippen LogP contribution in [0.15, 0.2) is 16.9 Å². The molecule has 6 heteroatoms. The second kappa shape index (κ2) is 5.36. The van der Waals surface area contributed by atoms with E-state index in [-0.39, 0.29) is 12.1 Å². The lowest BCUT2D eigenvalue weighted by molar-refractivity contribution is 0.323. The third-order valence-corrected chi connectivity index (χ3v) is 3.87. The number of hydrogen-bond acceptors (Lipinski definition) is 5. The summed E-state index contributed by atoms with van der Waals surface area (Å²) >= 11 is 0. The van der Waals surface area contributed by atoms with Crippen LogP contribution in [0.2, 0.25) is 0 Å². The highest BCUT2D eigenvalue weighted by molar-refractivity contribution is 5.03. The van der Waals surface area contributed by atoms with Gasteiger partial charge in [0.15, 0.2) is 5.82 Å². The molecule has 20 heavy (non-hydrogen) atoms. The molecule has 0 unspecified atom stereocenters. The molecule has 2 heterocycles. The van der Waals surface area contributed by atoms with Crippen LogP contribution in [0.3, 0.4) is 0 Å². The molecule has 0 aromatic carbocycles. The van der Waals surface area contributed by atoms with Crippen molar-refractivity contribution in [1.29, 1.82) is 0 Å². The van der Waals surface area contributed by atoms with Gasteiger partial charge in [0, 0.05) is 18.2 Å². The van der Waals surface area contributed by atoms with Crippen molar-refractivity contribution in [3.8, 4) is 0 Å². The second-order valence-corrected chi connectivity index (χ2v) is 5.73. The molecule has 2 aromatic rings. The molecule has 6 nitrogen and oxygen atoms in total. The lowest BCUT2D eigenvalue weighted by atomic mass is 10.2. The van der Waals surface area contributed by atoms with Gasteiger partial charge in [-0.25, -0.2) is 0 Å². The van der Waals surface area contributed by atoms with Crippen LogP contribution in [0.5, 0.6) is 0 Å². The maximum absolute atomic E-state index is 5.26. The summed E-state index contributed by atoms with van der Waals surface area (Å²) in [6, 6.07) is 0.542. The Bertz CT molecular complexity index is 572. The Balaban J connectivity index is 1.53. The highest BCUT2D eigenvalue weighted by Gasteiger charge is 2.28. The number of nitrogens with one attached hydrogen (secondary N) is 1. The third kappa shape index (κ3) is 2.90. The van der Waals surface area contributed by atoms with Crippen molar-refractivity contribution >= 4 is 0 Å². The number of nitrogens with zero attached hydrogens (tertiary/aromatic N) is 4. The van der Waals surface area contributed by atoms with Gasteiger partial charge in [-0.3, -0.25) is 4.68 Å². The minimum atomic E-state index is 0.269. The van der Waals surface area contributed by atoms with Crippen LogP contribution in [-0.4, -0.2) is 26.0 Å². The summed E-state index contributed by atoms with van der Waals surface area (Å²) in [5.41, 5.74) is 1.18. The van der Waals surface area contributed by atoms with Crippen LogP contribution in [0.4, 0.5) is 0 Å². The van der Waals surface area contributed by atoms with E-state index in [1.807, 2.05) is 17.8 Å².